The number of hydrogen-bond acceptors (Lipinski definition) is 2. The molecule has 1 saturated carbocycles. The highest BCUT2D eigenvalue weighted by atomic mass is 16.2. The van der Waals surface area contributed by atoms with Gasteiger partial charge in [0.2, 0.25) is 11.8 Å². The second-order valence-corrected chi connectivity index (χ2v) is 8.01. The number of nitrogens with one attached hydrogen (secondary N) is 2. The topological polar surface area (TPSA) is 58.2 Å². The van der Waals surface area contributed by atoms with Crippen molar-refractivity contribution < 1.29 is 9.59 Å². The minimum Gasteiger partial charge on any atom is -0.351 e. The van der Waals surface area contributed by atoms with Crippen LogP contribution in [0.1, 0.15) is 80.1 Å². The molecule has 0 aromatic heterocycles. The number of hydrogen-bond donors (Lipinski definition) is 2. The van der Waals surface area contributed by atoms with Crippen LogP contribution in [0.15, 0.2) is 0 Å². The molecule has 0 radical (unpaired) electrons. The van der Waals surface area contributed by atoms with Gasteiger partial charge in [-0.1, -0.05) is 20.3 Å². The maximum Gasteiger partial charge on any atom is 0.223 e. The Bertz CT molecular complexity index is 366. The highest BCUT2D eigenvalue weighted by Gasteiger charge is 2.34. The molecule has 0 heterocycles. The minimum atomic E-state index is -0.170. The first kappa shape index (κ1) is 19.0. The van der Waals surface area contributed by atoms with Crippen molar-refractivity contribution in [2.75, 3.05) is 0 Å². The fraction of sp³-hybridized carbons (Fsp3) is 0.889. The molecular formula is C18H34N2O2. The lowest BCUT2D eigenvalue weighted by Crippen LogP contribution is -2.49. The summed E-state index contributed by atoms with van der Waals surface area (Å²) in [6.07, 6.45) is 5.23. The van der Waals surface area contributed by atoms with Gasteiger partial charge in [-0.25, -0.2) is 0 Å². The van der Waals surface area contributed by atoms with Crippen molar-refractivity contribution in [2.45, 2.75) is 91.1 Å². The van der Waals surface area contributed by atoms with Gasteiger partial charge in [-0.05, 0) is 59.8 Å². The predicted molar refractivity (Wildman–Crippen MR) is 90.5 cm³/mol. The zero-order valence-electron chi connectivity index (χ0n) is 15.2. The SMILES string of the molecule is CCC(C)(C)NC(=O)C1CCCC(C(=O)NC(C)(C)CC)C1. The van der Waals surface area contributed by atoms with Gasteiger partial charge in [-0.2, -0.15) is 0 Å². The van der Waals surface area contributed by atoms with Gasteiger partial charge >= 0.3 is 0 Å². The molecule has 2 N–H and O–H groups in total. The fourth-order valence-electron chi connectivity index (χ4n) is 2.71. The Labute approximate surface area is 135 Å². The van der Waals surface area contributed by atoms with Crippen molar-refractivity contribution in [1.29, 1.82) is 0 Å². The molecule has 1 rings (SSSR count). The summed E-state index contributed by atoms with van der Waals surface area (Å²) in [6.45, 7) is 12.3. The molecule has 4 nitrogen and oxygen atoms in total. The van der Waals surface area contributed by atoms with Gasteiger partial charge in [0, 0.05) is 22.9 Å². The zero-order valence-corrected chi connectivity index (χ0v) is 15.2. The lowest BCUT2D eigenvalue weighted by atomic mass is 9.79. The monoisotopic (exact) mass is 310 g/mol. The van der Waals surface area contributed by atoms with Crippen LogP contribution in [-0.4, -0.2) is 22.9 Å². The van der Waals surface area contributed by atoms with Crippen molar-refractivity contribution in [3.05, 3.63) is 0 Å². The summed E-state index contributed by atoms with van der Waals surface area (Å²) >= 11 is 0. The summed E-state index contributed by atoms with van der Waals surface area (Å²) in [5.41, 5.74) is -0.340. The Balaban J connectivity index is 2.61. The van der Waals surface area contributed by atoms with E-state index in [0.29, 0.717) is 6.42 Å². The molecule has 1 aliphatic carbocycles. The molecule has 2 amide bonds. The van der Waals surface area contributed by atoms with Crippen molar-refractivity contribution in [3.8, 4) is 0 Å². The van der Waals surface area contributed by atoms with E-state index in [4.69, 9.17) is 0 Å². The minimum absolute atomic E-state index is 0.0277. The highest BCUT2D eigenvalue weighted by Crippen LogP contribution is 2.30. The van der Waals surface area contributed by atoms with E-state index in [9.17, 15) is 9.59 Å². The zero-order chi connectivity index (χ0) is 17.0. The van der Waals surface area contributed by atoms with Gasteiger partial charge in [-0.15, -0.1) is 0 Å². The van der Waals surface area contributed by atoms with E-state index in [2.05, 4.69) is 24.5 Å². The molecule has 4 heteroatoms. The Hall–Kier alpha value is -1.06. The van der Waals surface area contributed by atoms with Gasteiger partial charge in [0.1, 0.15) is 0 Å². The number of rotatable bonds is 6. The molecule has 2 unspecified atom stereocenters. The Kier molecular flexibility index (Phi) is 6.45. The number of carbonyl (C=O) groups excluding carboxylic acids is 2. The van der Waals surface area contributed by atoms with E-state index in [1.165, 1.54) is 0 Å². The van der Waals surface area contributed by atoms with Gasteiger partial charge in [0.05, 0.1) is 0 Å². The molecule has 0 aromatic carbocycles. The number of amides is 2. The second kappa shape index (κ2) is 7.47. The fourth-order valence-corrected chi connectivity index (χ4v) is 2.71. The molecular weight excluding hydrogens is 276 g/mol. The standard InChI is InChI=1S/C18H34N2O2/c1-7-17(3,4)19-15(21)13-10-9-11-14(12-13)16(22)20-18(5,6)8-2/h13-14H,7-12H2,1-6H3,(H,19,21)(H,20,22). The summed E-state index contributed by atoms with van der Waals surface area (Å²) in [7, 11) is 0. The van der Waals surface area contributed by atoms with E-state index in [1.807, 2.05) is 27.7 Å². The van der Waals surface area contributed by atoms with Gasteiger partial charge in [0.25, 0.3) is 0 Å². The molecule has 0 aromatic rings. The Morgan fingerprint density at radius 1 is 0.864 bits per heavy atom. The van der Waals surface area contributed by atoms with Crippen LogP contribution in [0.5, 0.6) is 0 Å². The van der Waals surface area contributed by atoms with Gasteiger partial charge < -0.3 is 10.6 Å². The predicted octanol–water partition coefficient (Wildman–Crippen LogP) is 3.40. The Morgan fingerprint density at radius 2 is 1.23 bits per heavy atom. The van der Waals surface area contributed by atoms with Crippen LogP contribution in [0.4, 0.5) is 0 Å². The van der Waals surface area contributed by atoms with Crippen molar-refractivity contribution in [1.82, 2.24) is 10.6 Å². The molecule has 0 saturated heterocycles. The first-order valence-corrected chi connectivity index (χ1v) is 8.74. The molecule has 128 valence electrons. The van der Waals surface area contributed by atoms with Crippen molar-refractivity contribution in [2.24, 2.45) is 11.8 Å². The van der Waals surface area contributed by atoms with Crippen LogP contribution in [0.25, 0.3) is 0 Å². The van der Waals surface area contributed by atoms with E-state index in [1.54, 1.807) is 0 Å². The largest absolute Gasteiger partial charge is 0.351 e. The van der Waals surface area contributed by atoms with Crippen LogP contribution < -0.4 is 10.6 Å². The first-order valence-electron chi connectivity index (χ1n) is 8.74. The van der Waals surface area contributed by atoms with E-state index in [0.717, 1.165) is 32.1 Å². The normalized spacial score (nSPS) is 23.0. The quantitative estimate of drug-likeness (QED) is 0.790. The van der Waals surface area contributed by atoms with Crippen LogP contribution in [0.3, 0.4) is 0 Å². The third kappa shape index (κ3) is 5.62. The lowest BCUT2D eigenvalue weighted by Gasteiger charge is -2.33. The molecule has 0 spiro atoms. The molecule has 1 fully saturated rings. The third-order valence-electron chi connectivity index (χ3n) is 5.11. The molecule has 22 heavy (non-hydrogen) atoms. The van der Waals surface area contributed by atoms with Crippen molar-refractivity contribution in [3.63, 3.8) is 0 Å². The van der Waals surface area contributed by atoms with Gasteiger partial charge in [0.15, 0.2) is 0 Å². The molecule has 2 atom stereocenters. The van der Waals surface area contributed by atoms with Crippen LogP contribution in [-0.2, 0) is 9.59 Å². The third-order valence-corrected chi connectivity index (χ3v) is 5.11. The second-order valence-electron chi connectivity index (χ2n) is 8.01. The average Bonchev–Trinajstić information content (AvgIpc) is 2.46. The average molecular weight is 310 g/mol. The summed E-state index contributed by atoms with van der Waals surface area (Å²) in [5, 5.41) is 6.25. The smallest absolute Gasteiger partial charge is 0.223 e. The maximum atomic E-state index is 12.4. The maximum absolute atomic E-state index is 12.4. The van der Waals surface area contributed by atoms with E-state index in [-0.39, 0.29) is 34.7 Å². The molecule has 0 aliphatic heterocycles. The van der Waals surface area contributed by atoms with E-state index >= 15 is 0 Å². The summed E-state index contributed by atoms with van der Waals surface area (Å²) in [6, 6.07) is 0. The Morgan fingerprint density at radius 3 is 1.55 bits per heavy atom. The highest BCUT2D eigenvalue weighted by molar-refractivity contribution is 5.83. The van der Waals surface area contributed by atoms with Crippen molar-refractivity contribution >= 4 is 11.8 Å². The van der Waals surface area contributed by atoms with Crippen LogP contribution in [0, 0.1) is 11.8 Å². The summed E-state index contributed by atoms with van der Waals surface area (Å²) < 4.78 is 0. The molecule has 1 aliphatic rings. The molecule has 0 bridgehead atoms. The van der Waals surface area contributed by atoms with Gasteiger partial charge in [-0.3, -0.25) is 9.59 Å². The summed E-state index contributed by atoms with van der Waals surface area (Å²) in [5.74, 6) is 0.165. The lowest BCUT2D eigenvalue weighted by molar-refractivity contribution is -0.131. The summed E-state index contributed by atoms with van der Waals surface area (Å²) in [4.78, 5) is 24.9. The number of carbonyl (C=O) groups is 2. The van der Waals surface area contributed by atoms with E-state index < -0.39 is 0 Å². The van der Waals surface area contributed by atoms with Crippen LogP contribution >= 0.6 is 0 Å². The first-order chi connectivity index (χ1) is 10.1. The van der Waals surface area contributed by atoms with Crippen LogP contribution in [0.2, 0.25) is 0 Å².